The predicted octanol–water partition coefficient (Wildman–Crippen LogP) is -1.46. The van der Waals surface area contributed by atoms with Gasteiger partial charge in [-0.2, -0.15) is 5.12 Å². The van der Waals surface area contributed by atoms with Crippen LogP contribution in [-0.4, -0.2) is 34.0 Å². The van der Waals surface area contributed by atoms with Crippen molar-refractivity contribution in [2.45, 2.75) is 13.3 Å². The van der Waals surface area contributed by atoms with Gasteiger partial charge in [-0.15, -0.1) is 0 Å². The van der Waals surface area contributed by atoms with E-state index in [0.717, 1.165) is 6.33 Å². The van der Waals surface area contributed by atoms with Gasteiger partial charge in [-0.05, 0) is 0 Å². The average molecular weight is 255 g/mol. The first-order valence-corrected chi connectivity index (χ1v) is 5.01. The lowest BCUT2D eigenvalue weighted by Crippen LogP contribution is -2.51. The quantitative estimate of drug-likeness (QED) is 0.343. The molecule has 0 spiro atoms. The molecule has 0 aromatic carbocycles. The molecule has 1 aromatic rings. The van der Waals surface area contributed by atoms with E-state index >= 15 is 0 Å². The summed E-state index contributed by atoms with van der Waals surface area (Å²) in [6.07, 6.45) is 1.17. The van der Waals surface area contributed by atoms with Crippen molar-refractivity contribution in [1.82, 2.24) is 20.5 Å². The zero-order valence-corrected chi connectivity index (χ0v) is 9.89. The first-order valence-electron chi connectivity index (χ1n) is 5.01. The van der Waals surface area contributed by atoms with Crippen LogP contribution in [0, 0.1) is 0 Å². The number of hydrogen-bond donors (Lipinski definition) is 3. The number of H-pyrrole nitrogens is 1. The molecule has 0 unspecified atom stereocenters. The number of nitrogens with zero attached hydrogens (tertiary/aromatic N) is 2. The van der Waals surface area contributed by atoms with Crippen LogP contribution in [0.1, 0.15) is 23.8 Å². The van der Waals surface area contributed by atoms with Crippen molar-refractivity contribution in [1.29, 1.82) is 0 Å². The second-order valence-corrected chi connectivity index (χ2v) is 3.17. The Morgan fingerprint density at radius 1 is 1.61 bits per heavy atom. The fourth-order valence-electron chi connectivity index (χ4n) is 1.13. The Morgan fingerprint density at radius 3 is 2.83 bits per heavy atom. The Bertz CT molecular complexity index is 512. The van der Waals surface area contributed by atoms with Crippen molar-refractivity contribution in [3.8, 4) is 5.75 Å². The number of nitrogens with one attached hydrogen (secondary N) is 2. The molecule has 98 valence electrons. The third-order valence-corrected chi connectivity index (χ3v) is 2.02. The summed E-state index contributed by atoms with van der Waals surface area (Å²) in [5.74, 6) is 3.73. The van der Waals surface area contributed by atoms with Gasteiger partial charge in [0.25, 0.3) is 17.4 Å². The number of aromatic nitrogens is 2. The summed E-state index contributed by atoms with van der Waals surface area (Å²) < 4.78 is 4.75. The lowest BCUT2D eigenvalue weighted by atomic mass is 10.3. The molecule has 0 radical (unpaired) electrons. The number of hydrazine groups is 2. The van der Waals surface area contributed by atoms with Crippen molar-refractivity contribution in [2.24, 2.45) is 5.84 Å². The fraction of sp³-hybridized carbons (Fsp3) is 0.333. The van der Waals surface area contributed by atoms with Crippen LogP contribution in [0.5, 0.6) is 5.75 Å². The van der Waals surface area contributed by atoms with Crippen LogP contribution < -0.4 is 21.6 Å². The first kappa shape index (κ1) is 13.6. The molecule has 18 heavy (non-hydrogen) atoms. The molecule has 4 N–H and O–H groups in total. The van der Waals surface area contributed by atoms with Crippen LogP contribution in [0.15, 0.2) is 11.1 Å². The molecule has 1 rings (SSSR count). The van der Waals surface area contributed by atoms with E-state index in [0.29, 0.717) is 5.12 Å². The molecule has 1 aromatic heterocycles. The molecule has 0 aliphatic rings. The highest BCUT2D eigenvalue weighted by molar-refractivity contribution is 5.95. The van der Waals surface area contributed by atoms with Crippen LogP contribution in [0.3, 0.4) is 0 Å². The molecule has 0 aliphatic carbocycles. The highest BCUT2D eigenvalue weighted by Crippen LogP contribution is 2.07. The van der Waals surface area contributed by atoms with Crippen molar-refractivity contribution in [3.63, 3.8) is 0 Å². The monoisotopic (exact) mass is 255 g/mol. The SMILES string of the molecule is CCC(=O)N(N)NC(=O)c1nc[nH]c(=O)c1OC. The number of ether oxygens (including phenoxy) is 1. The highest BCUT2D eigenvalue weighted by Gasteiger charge is 2.19. The van der Waals surface area contributed by atoms with E-state index in [4.69, 9.17) is 10.6 Å². The number of nitrogens with two attached hydrogens (primary N) is 1. The van der Waals surface area contributed by atoms with Crippen LogP contribution >= 0.6 is 0 Å². The summed E-state index contributed by atoms with van der Waals surface area (Å²) >= 11 is 0. The number of rotatable bonds is 3. The van der Waals surface area contributed by atoms with Gasteiger partial charge in [0, 0.05) is 6.42 Å². The molecular formula is C9H13N5O4. The summed E-state index contributed by atoms with van der Waals surface area (Å²) in [6, 6.07) is 0. The molecular weight excluding hydrogens is 242 g/mol. The van der Waals surface area contributed by atoms with Gasteiger partial charge < -0.3 is 9.72 Å². The van der Waals surface area contributed by atoms with Crippen LogP contribution in [-0.2, 0) is 4.79 Å². The average Bonchev–Trinajstić information content (AvgIpc) is 2.37. The van der Waals surface area contributed by atoms with Crippen molar-refractivity contribution in [2.75, 3.05) is 7.11 Å². The summed E-state index contributed by atoms with van der Waals surface area (Å²) in [6.45, 7) is 1.58. The second kappa shape index (κ2) is 5.77. The number of carbonyl (C=O) groups is 2. The van der Waals surface area contributed by atoms with Crippen molar-refractivity contribution >= 4 is 11.8 Å². The number of amides is 2. The molecule has 1 heterocycles. The minimum atomic E-state index is -0.817. The zero-order valence-electron chi connectivity index (χ0n) is 9.89. The molecule has 9 heteroatoms. The van der Waals surface area contributed by atoms with E-state index in [1.165, 1.54) is 7.11 Å². The second-order valence-electron chi connectivity index (χ2n) is 3.17. The van der Waals surface area contributed by atoms with Gasteiger partial charge in [-0.25, -0.2) is 16.3 Å². The van der Waals surface area contributed by atoms with Gasteiger partial charge in [0.15, 0.2) is 5.69 Å². The van der Waals surface area contributed by atoms with Gasteiger partial charge >= 0.3 is 0 Å². The molecule has 0 fully saturated rings. The van der Waals surface area contributed by atoms with E-state index in [2.05, 4.69) is 15.4 Å². The van der Waals surface area contributed by atoms with Gasteiger partial charge in [0.1, 0.15) is 0 Å². The van der Waals surface area contributed by atoms with Gasteiger partial charge in [0.05, 0.1) is 13.4 Å². The predicted molar refractivity (Wildman–Crippen MR) is 60.2 cm³/mol. The topological polar surface area (TPSA) is 130 Å². The molecule has 0 saturated heterocycles. The van der Waals surface area contributed by atoms with Crippen LogP contribution in [0.4, 0.5) is 0 Å². The maximum absolute atomic E-state index is 11.7. The number of carbonyl (C=O) groups excluding carboxylic acids is 2. The normalized spacial score (nSPS) is 9.72. The standard InChI is InChI=1S/C9H13N5O4/c1-3-5(15)14(10)13-8(16)6-7(18-2)9(17)12-4-11-6/h4H,3,10H2,1-2H3,(H,13,16)(H,11,12,17). The Balaban J connectivity index is 2.95. The number of methoxy groups -OCH3 is 1. The van der Waals surface area contributed by atoms with Crippen LogP contribution in [0.25, 0.3) is 0 Å². The molecule has 0 atom stereocenters. The fourth-order valence-corrected chi connectivity index (χ4v) is 1.13. The third kappa shape index (κ3) is 2.83. The molecule has 0 bridgehead atoms. The minimum absolute atomic E-state index is 0.122. The van der Waals surface area contributed by atoms with E-state index in [9.17, 15) is 14.4 Å². The Kier molecular flexibility index (Phi) is 4.38. The van der Waals surface area contributed by atoms with Crippen LogP contribution in [0.2, 0.25) is 0 Å². The molecule has 0 saturated carbocycles. The van der Waals surface area contributed by atoms with E-state index in [1.54, 1.807) is 6.92 Å². The number of aromatic amines is 1. The Morgan fingerprint density at radius 2 is 2.28 bits per heavy atom. The maximum Gasteiger partial charge on any atom is 0.293 e. The van der Waals surface area contributed by atoms with Crippen molar-refractivity contribution in [3.05, 3.63) is 22.4 Å². The lowest BCUT2D eigenvalue weighted by molar-refractivity contribution is -0.133. The third-order valence-electron chi connectivity index (χ3n) is 2.02. The minimum Gasteiger partial charge on any atom is -0.489 e. The molecule has 2 amide bonds. The largest absolute Gasteiger partial charge is 0.489 e. The van der Waals surface area contributed by atoms with Gasteiger partial charge in [-0.3, -0.25) is 14.4 Å². The van der Waals surface area contributed by atoms with E-state index in [-0.39, 0.29) is 17.9 Å². The summed E-state index contributed by atoms with van der Waals surface area (Å²) in [7, 11) is 1.22. The van der Waals surface area contributed by atoms with E-state index in [1.807, 2.05) is 0 Å². The Hall–Kier alpha value is -2.42. The molecule has 9 nitrogen and oxygen atoms in total. The smallest absolute Gasteiger partial charge is 0.293 e. The van der Waals surface area contributed by atoms with Gasteiger partial charge in [0.2, 0.25) is 5.75 Å². The van der Waals surface area contributed by atoms with Gasteiger partial charge in [-0.1, -0.05) is 6.92 Å². The highest BCUT2D eigenvalue weighted by atomic mass is 16.5. The van der Waals surface area contributed by atoms with Crippen molar-refractivity contribution < 1.29 is 14.3 Å². The summed E-state index contributed by atoms with van der Waals surface area (Å²) in [4.78, 5) is 40.1. The molecule has 0 aliphatic heterocycles. The maximum atomic E-state index is 11.7. The zero-order chi connectivity index (χ0) is 13.7. The van der Waals surface area contributed by atoms with E-state index < -0.39 is 17.4 Å². The lowest BCUT2D eigenvalue weighted by Gasteiger charge is -2.16. The first-order chi connectivity index (χ1) is 8.51. The summed E-state index contributed by atoms with van der Waals surface area (Å²) in [5.41, 5.74) is 1.20. The Labute approximate surface area is 102 Å². The number of hydrogen-bond acceptors (Lipinski definition) is 6. The summed E-state index contributed by atoms with van der Waals surface area (Å²) in [5, 5.41) is 0.532.